The van der Waals surface area contributed by atoms with Gasteiger partial charge in [-0.2, -0.15) is 0 Å². The predicted molar refractivity (Wildman–Crippen MR) is 87.7 cm³/mol. The van der Waals surface area contributed by atoms with Gasteiger partial charge in [-0.1, -0.05) is 37.9 Å². The average molecular weight is 274 g/mol. The Balaban J connectivity index is 1.98. The van der Waals surface area contributed by atoms with Crippen molar-refractivity contribution >= 4 is 19.6 Å². The normalized spacial score (nSPS) is 17.2. The Bertz CT molecular complexity index is 474. The lowest BCUT2D eigenvalue weighted by Crippen LogP contribution is -2.48. The molecule has 20 heavy (non-hydrogen) atoms. The van der Waals surface area contributed by atoms with Gasteiger partial charge in [0, 0.05) is 26.2 Å². The summed E-state index contributed by atoms with van der Waals surface area (Å²) < 4.78 is 14.1. The zero-order valence-electron chi connectivity index (χ0n) is 12.8. The molecule has 0 bridgehead atoms. The number of piperazine rings is 1. The summed E-state index contributed by atoms with van der Waals surface area (Å²) in [4.78, 5) is 4.61. The van der Waals surface area contributed by atoms with E-state index in [4.69, 9.17) is 0 Å². The second-order valence-electron chi connectivity index (χ2n) is 6.74. The van der Waals surface area contributed by atoms with Gasteiger partial charge in [0.2, 0.25) is 0 Å². The number of halogens is 1. The van der Waals surface area contributed by atoms with Crippen LogP contribution in [0.2, 0.25) is 5.31 Å². The van der Waals surface area contributed by atoms with Crippen LogP contribution in [-0.2, 0) is 0 Å². The molecule has 0 radical (unpaired) electrons. The first kappa shape index (κ1) is 15.1. The fraction of sp³-hybridized carbons (Fsp3) is 0.500. The molecular weight excluding hydrogens is 250 g/mol. The first-order chi connectivity index (χ1) is 9.39. The largest absolute Gasteiger partial charge is 0.367 e. The van der Waals surface area contributed by atoms with E-state index < -0.39 is 0 Å². The van der Waals surface area contributed by atoms with Gasteiger partial charge in [-0.25, -0.2) is 4.39 Å². The predicted octanol–water partition coefficient (Wildman–Crippen LogP) is 2.42. The van der Waals surface area contributed by atoms with Gasteiger partial charge in [0.15, 0.2) is 0 Å². The first-order valence-corrected chi connectivity index (χ1v) is 7.28. The van der Waals surface area contributed by atoms with Gasteiger partial charge in [-0.3, -0.25) is 0 Å². The Morgan fingerprint density at radius 3 is 2.45 bits per heavy atom. The summed E-state index contributed by atoms with van der Waals surface area (Å²) in [7, 11) is 2.26. The van der Waals surface area contributed by atoms with Crippen LogP contribution in [0.1, 0.15) is 19.4 Å². The van der Waals surface area contributed by atoms with Crippen LogP contribution in [0.25, 0.3) is 6.08 Å². The van der Waals surface area contributed by atoms with E-state index in [1.54, 1.807) is 12.1 Å². The van der Waals surface area contributed by atoms with Crippen LogP contribution in [0.4, 0.5) is 10.1 Å². The molecular formula is C16H24BFN2. The van der Waals surface area contributed by atoms with E-state index in [-0.39, 0.29) is 5.82 Å². The van der Waals surface area contributed by atoms with Crippen molar-refractivity contribution in [3.05, 3.63) is 36.2 Å². The highest BCUT2D eigenvalue weighted by Crippen LogP contribution is 2.24. The van der Waals surface area contributed by atoms with Gasteiger partial charge >= 0.3 is 0 Å². The molecule has 0 N–H and O–H groups in total. The fourth-order valence-electron chi connectivity index (χ4n) is 2.72. The molecule has 1 aliphatic heterocycles. The summed E-state index contributed by atoms with van der Waals surface area (Å²) in [5.74, 6) is -0.147. The molecule has 0 amide bonds. The van der Waals surface area contributed by atoms with Crippen molar-refractivity contribution in [3.63, 3.8) is 0 Å². The lowest BCUT2D eigenvalue weighted by atomic mass is 9.72. The Morgan fingerprint density at radius 1 is 1.30 bits per heavy atom. The van der Waals surface area contributed by atoms with Crippen molar-refractivity contribution in [2.45, 2.75) is 19.2 Å². The molecule has 0 saturated carbocycles. The minimum Gasteiger partial charge on any atom is -0.367 e. The van der Waals surface area contributed by atoms with Crippen LogP contribution in [0.15, 0.2) is 24.8 Å². The van der Waals surface area contributed by atoms with E-state index in [9.17, 15) is 4.39 Å². The molecule has 1 aliphatic rings. The van der Waals surface area contributed by atoms with Gasteiger partial charge in [0.1, 0.15) is 13.7 Å². The van der Waals surface area contributed by atoms with Crippen LogP contribution >= 0.6 is 0 Å². The maximum atomic E-state index is 14.1. The minimum absolute atomic E-state index is 0.147. The molecule has 1 saturated heterocycles. The van der Waals surface area contributed by atoms with Gasteiger partial charge in [-0.15, -0.1) is 0 Å². The Morgan fingerprint density at radius 2 is 1.95 bits per heavy atom. The van der Waals surface area contributed by atoms with Crippen molar-refractivity contribution in [3.8, 4) is 0 Å². The summed E-state index contributed by atoms with van der Waals surface area (Å²) in [6, 6.07) is 5.35. The number of rotatable bonds is 4. The molecule has 0 spiro atoms. The van der Waals surface area contributed by atoms with Crippen molar-refractivity contribution in [2.24, 2.45) is 0 Å². The zero-order valence-corrected chi connectivity index (χ0v) is 12.8. The molecule has 1 heterocycles. The van der Waals surface area contributed by atoms with E-state index in [0.29, 0.717) is 11.0 Å². The molecule has 4 heteroatoms. The molecule has 1 fully saturated rings. The zero-order chi connectivity index (χ0) is 14.8. The summed E-state index contributed by atoms with van der Waals surface area (Å²) in [6.07, 6.45) is 1.67. The van der Waals surface area contributed by atoms with Crippen LogP contribution in [0, 0.1) is 5.82 Å². The van der Waals surface area contributed by atoms with Crippen molar-refractivity contribution in [2.75, 3.05) is 37.6 Å². The quantitative estimate of drug-likeness (QED) is 0.778. The highest BCUT2D eigenvalue weighted by atomic mass is 19.1. The van der Waals surface area contributed by atoms with Gasteiger partial charge in [0.05, 0.1) is 5.69 Å². The molecule has 1 aromatic rings. The fourth-order valence-corrected chi connectivity index (χ4v) is 2.72. The number of benzene rings is 1. The van der Waals surface area contributed by atoms with Crippen LogP contribution < -0.4 is 4.90 Å². The average Bonchev–Trinajstić information content (AvgIpc) is 2.38. The molecule has 0 unspecified atom stereocenters. The second kappa shape index (κ2) is 6.00. The van der Waals surface area contributed by atoms with E-state index >= 15 is 0 Å². The van der Waals surface area contributed by atoms with Crippen molar-refractivity contribution in [1.82, 2.24) is 4.90 Å². The van der Waals surface area contributed by atoms with Gasteiger partial charge in [-0.05, 0) is 24.2 Å². The van der Waals surface area contributed by atoms with E-state index in [0.717, 1.165) is 38.3 Å². The topological polar surface area (TPSA) is 6.48 Å². The number of hydrogen-bond acceptors (Lipinski definition) is 2. The lowest BCUT2D eigenvalue weighted by molar-refractivity contribution is 0.236. The summed E-state index contributed by atoms with van der Waals surface area (Å²) >= 11 is 0. The Hall–Kier alpha value is -1.29. The number of anilines is 1. The van der Waals surface area contributed by atoms with Crippen LogP contribution in [-0.4, -0.2) is 45.5 Å². The Kier molecular flexibility index (Phi) is 4.54. The third-order valence-electron chi connectivity index (χ3n) is 3.62. The summed E-state index contributed by atoms with van der Waals surface area (Å²) in [5.41, 5.74) is 1.55. The maximum Gasteiger partial charge on any atom is 0.147 e. The smallest absolute Gasteiger partial charge is 0.147 e. The number of nitrogens with zero attached hydrogens (tertiary/aromatic N) is 2. The van der Waals surface area contributed by atoms with Crippen LogP contribution in [0.3, 0.4) is 0 Å². The van der Waals surface area contributed by atoms with Crippen LogP contribution in [0.5, 0.6) is 0 Å². The summed E-state index contributed by atoms with van der Waals surface area (Å²) in [6.45, 7) is 13.1. The number of hydrogen-bond donors (Lipinski definition) is 0. The van der Waals surface area contributed by atoms with Crippen molar-refractivity contribution < 1.29 is 4.39 Å². The molecule has 0 atom stereocenters. The highest BCUT2D eigenvalue weighted by Gasteiger charge is 2.22. The SMILES string of the molecule is BC(C)(C)CN1CCN(c2ccc(C=C)cc2F)CC1. The van der Waals surface area contributed by atoms with Crippen molar-refractivity contribution in [1.29, 1.82) is 0 Å². The molecule has 2 rings (SSSR count). The van der Waals surface area contributed by atoms with E-state index in [1.165, 1.54) is 0 Å². The van der Waals surface area contributed by atoms with E-state index in [1.807, 2.05) is 12.1 Å². The second-order valence-corrected chi connectivity index (χ2v) is 6.74. The monoisotopic (exact) mass is 274 g/mol. The third-order valence-corrected chi connectivity index (χ3v) is 3.62. The minimum atomic E-state index is -0.147. The molecule has 108 valence electrons. The third kappa shape index (κ3) is 3.86. The van der Waals surface area contributed by atoms with E-state index in [2.05, 4.69) is 38.1 Å². The molecule has 0 aromatic heterocycles. The first-order valence-electron chi connectivity index (χ1n) is 7.28. The van der Waals surface area contributed by atoms with Gasteiger partial charge < -0.3 is 9.80 Å². The highest BCUT2D eigenvalue weighted by molar-refractivity contribution is 6.14. The molecule has 2 nitrogen and oxygen atoms in total. The van der Waals surface area contributed by atoms with Gasteiger partial charge in [0.25, 0.3) is 0 Å². The maximum absolute atomic E-state index is 14.1. The Labute approximate surface area is 122 Å². The molecule has 1 aromatic carbocycles. The summed E-state index contributed by atoms with van der Waals surface area (Å²) in [5, 5.41) is 0.318. The standard InChI is InChI=1S/C16H24BFN2/c1-4-13-5-6-15(14(18)11-13)20-9-7-19(8-10-20)12-16(2,3)17/h4-6,11H,1,7-10,12,17H2,2-3H3. The molecule has 0 aliphatic carbocycles. The lowest BCUT2D eigenvalue weighted by Gasteiger charge is -2.39.